The van der Waals surface area contributed by atoms with E-state index in [0.717, 1.165) is 4.31 Å². The molecule has 0 aliphatic rings. The first-order chi connectivity index (χ1) is 9.70. The molecule has 21 heavy (non-hydrogen) atoms. The fourth-order valence-electron chi connectivity index (χ4n) is 1.79. The number of aliphatic hydroxyl groups excluding tert-OH is 1. The third-order valence-corrected chi connectivity index (χ3v) is 4.66. The smallest absolute Gasteiger partial charge is 0.255 e. The second kappa shape index (κ2) is 7.01. The van der Waals surface area contributed by atoms with Crippen LogP contribution in [0.15, 0.2) is 23.1 Å². The summed E-state index contributed by atoms with van der Waals surface area (Å²) in [4.78, 5) is 1.20. The van der Waals surface area contributed by atoms with E-state index < -0.39 is 23.0 Å². The van der Waals surface area contributed by atoms with Gasteiger partial charge in [-0.2, -0.15) is 0 Å². The van der Waals surface area contributed by atoms with Gasteiger partial charge in [-0.3, -0.25) is 0 Å². The lowest BCUT2D eigenvalue weighted by Gasteiger charge is -2.25. The summed E-state index contributed by atoms with van der Waals surface area (Å²) in [5, 5.41) is 8.93. The van der Waals surface area contributed by atoms with Gasteiger partial charge in [0.25, 0.3) is 6.43 Å². The Balaban J connectivity index is 3.17. The number of rotatable bonds is 7. The monoisotopic (exact) mass is 323 g/mol. The minimum atomic E-state index is -3.64. The Morgan fingerprint density at radius 3 is 2.38 bits per heavy atom. The van der Waals surface area contributed by atoms with Gasteiger partial charge in [0.2, 0.25) is 10.0 Å². The Morgan fingerprint density at radius 1 is 1.33 bits per heavy atom. The minimum Gasteiger partial charge on any atom is -0.397 e. The van der Waals surface area contributed by atoms with Gasteiger partial charge in [0.05, 0.1) is 29.4 Å². The van der Waals surface area contributed by atoms with Gasteiger partial charge in [-0.15, -0.1) is 0 Å². The molecule has 1 aromatic carbocycles. The van der Waals surface area contributed by atoms with Gasteiger partial charge in [-0.25, -0.2) is 21.5 Å². The molecular formula is C12H19F2N3O3S. The fraction of sp³-hybridized carbons (Fsp3) is 0.500. The molecule has 0 aliphatic heterocycles. The number of anilines is 2. The molecule has 1 rings (SSSR count). The molecule has 0 bridgehead atoms. The number of halogens is 2. The van der Waals surface area contributed by atoms with Gasteiger partial charge < -0.3 is 15.7 Å². The van der Waals surface area contributed by atoms with E-state index in [2.05, 4.69) is 0 Å². The number of sulfonamides is 1. The van der Waals surface area contributed by atoms with Crippen LogP contribution in [0.1, 0.15) is 0 Å². The number of benzene rings is 1. The quantitative estimate of drug-likeness (QED) is 0.717. The van der Waals surface area contributed by atoms with Crippen LogP contribution in [0.25, 0.3) is 0 Å². The van der Waals surface area contributed by atoms with Crippen molar-refractivity contribution in [1.29, 1.82) is 0 Å². The molecule has 0 fully saturated rings. The molecule has 0 spiro atoms. The van der Waals surface area contributed by atoms with Gasteiger partial charge in [-0.1, -0.05) is 0 Å². The van der Waals surface area contributed by atoms with Crippen LogP contribution in [0, 0.1) is 0 Å². The Morgan fingerprint density at radius 2 is 1.95 bits per heavy atom. The molecule has 9 heteroatoms. The summed E-state index contributed by atoms with van der Waals surface area (Å²) in [7, 11) is -0.873. The Bertz CT molecular complexity index is 579. The van der Waals surface area contributed by atoms with E-state index in [4.69, 9.17) is 10.8 Å². The standard InChI is InChI=1S/C12H19F2N3O3S/c1-16(2)21(19,20)9-3-4-11(10(15)7-9)17(5-6-18)8-12(13)14/h3-4,7,12,18H,5-6,8,15H2,1-2H3. The van der Waals surface area contributed by atoms with Crippen molar-refractivity contribution in [3.8, 4) is 0 Å². The average molecular weight is 323 g/mol. The third kappa shape index (κ3) is 4.26. The number of nitrogens with zero attached hydrogens (tertiary/aromatic N) is 2. The van der Waals surface area contributed by atoms with E-state index in [9.17, 15) is 17.2 Å². The van der Waals surface area contributed by atoms with Crippen molar-refractivity contribution in [2.45, 2.75) is 11.3 Å². The normalized spacial score (nSPS) is 12.1. The van der Waals surface area contributed by atoms with E-state index >= 15 is 0 Å². The average Bonchev–Trinajstić information content (AvgIpc) is 2.37. The molecule has 0 heterocycles. The Kier molecular flexibility index (Phi) is 5.87. The van der Waals surface area contributed by atoms with Crippen molar-refractivity contribution in [2.75, 3.05) is 44.4 Å². The molecule has 0 saturated carbocycles. The zero-order valence-corrected chi connectivity index (χ0v) is 12.6. The molecule has 0 unspecified atom stereocenters. The number of nitrogens with two attached hydrogens (primary N) is 1. The lowest BCUT2D eigenvalue weighted by Crippen LogP contribution is -2.32. The summed E-state index contributed by atoms with van der Waals surface area (Å²) in [6.07, 6.45) is -2.60. The maximum absolute atomic E-state index is 12.5. The molecule has 3 N–H and O–H groups in total. The SMILES string of the molecule is CN(C)S(=O)(=O)c1ccc(N(CCO)CC(F)F)c(N)c1. The minimum absolute atomic E-state index is 0.0188. The van der Waals surface area contributed by atoms with Crippen molar-refractivity contribution in [1.82, 2.24) is 4.31 Å². The predicted octanol–water partition coefficient (Wildman–Crippen LogP) is 0.583. The highest BCUT2D eigenvalue weighted by molar-refractivity contribution is 7.89. The predicted molar refractivity (Wildman–Crippen MR) is 77.0 cm³/mol. The fourth-order valence-corrected chi connectivity index (χ4v) is 2.73. The summed E-state index contributed by atoms with van der Waals surface area (Å²) < 4.78 is 50.0. The zero-order chi connectivity index (χ0) is 16.2. The molecule has 0 aromatic heterocycles. The molecule has 1 aromatic rings. The molecule has 0 atom stereocenters. The molecule has 6 nitrogen and oxygen atoms in total. The first-order valence-electron chi connectivity index (χ1n) is 6.16. The molecule has 0 amide bonds. The highest BCUT2D eigenvalue weighted by atomic mass is 32.2. The summed E-state index contributed by atoms with van der Waals surface area (Å²) in [6, 6.07) is 3.89. The number of nitrogen functional groups attached to an aromatic ring is 1. The van der Waals surface area contributed by atoms with E-state index in [1.807, 2.05) is 0 Å². The summed E-state index contributed by atoms with van der Waals surface area (Å²) in [6.45, 7) is -0.928. The number of alkyl halides is 2. The van der Waals surface area contributed by atoms with Gasteiger partial charge in [-0.05, 0) is 18.2 Å². The van der Waals surface area contributed by atoms with Crippen molar-refractivity contribution in [3.63, 3.8) is 0 Å². The third-order valence-electron chi connectivity index (χ3n) is 2.85. The largest absolute Gasteiger partial charge is 0.397 e. The Hall–Kier alpha value is -1.45. The number of aliphatic hydroxyl groups is 1. The van der Waals surface area contributed by atoms with Crippen LogP contribution in [0.3, 0.4) is 0 Å². The second-order valence-corrected chi connectivity index (χ2v) is 6.72. The van der Waals surface area contributed by atoms with Crippen LogP contribution < -0.4 is 10.6 Å². The summed E-state index contributed by atoms with van der Waals surface area (Å²) in [5.41, 5.74) is 6.10. The number of hydrogen-bond acceptors (Lipinski definition) is 5. The first-order valence-corrected chi connectivity index (χ1v) is 7.60. The molecule has 0 saturated heterocycles. The van der Waals surface area contributed by atoms with Gasteiger partial charge >= 0.3 is 0 Å². The topological polar surface area (TPSA) is 86.9 Å². The van der Waals surface area contributed by atoms with Crippen LogP contribution in [0.4, 0.5) is 20.2 Å². The second-order valence-electron chi connectivity index (χ2n) is 4.57. The highest BCUT2D eigenvalue weighted by Crippen LogP contribution is 2.27. The first kappa shape index (κ1) is 17.6. The van der Waals surface area contributed by atoms with Crippen LogP contribution in [-0.4, -0.2) is 58.0 Å². The van der Waals surface area contributed by atoms with Crippen LogP contribution >= 0.6 is 0 Å². The van der Waals surface area contributed by atoms with E-state index in [1.54, 1.807) is 0 Å². The number of hydrogen-bond donors (Lipinski definition) is 2. The molecule has 0 radical (unpaired) electrons. The lowest BCUT2D eigenvalue weighted by molar-refractivity contribution is 0.153. The van der Waals surface area contributed by atoms with Crippen LogP contribution in [0.5, 0.6) is 0 Å². The maximum Gasteiger partial charge on any atom is 0.255 e. The van der Waals surface area contributed by atoms with E-state index in [-0.39, 0.29) is 29.4 Å². The maximum atomic E-state index is 12.5. The summed E-state index contributed by atoms with van der Waals surface area (Å²) >= 11 is 0. The van der Waals surface area contributed by atoms with Crippen molar-refractivity contribution < 1.29 is 22.3 Å². The van der Waals surface area contributed by atoms with Crippen LogP contribution in [0.2, 0.25) is 0 Å². The Labute approximate surface area is 122 Å². The molecule has 0 aliphatic carbocycles. The lowest BCUT2D eigenvalue weighted by atomic mass is 10.2. The molecular weight excluding hydrogens is 304 g/mol. The van der Waals surface area contributed by atoms with Crippen LogP contribution in [-0.2, 0) is 10.0 Å². The summed E-state index contributed by atoms with van der Waals surface area (Å²) in [5.74, 6) is 0. The van der Waals surface area contributed by atoms with Gasteiger partial charge in [0.15, 0.2) is 0 Å². The van der Waals surface area contributed by atoms with E-state index in [0.29, 0.717) is 0 Å². The van der Waals surface area contributed by atoms with E-state index in [1.165, 1.54) is 37.2 Å². The van der Waals surface area contributed by atoms with Gasteiger partial charge in [0.1, 0.15) is 0 Å². The van der Waals surface area contributed by atoms with Crippen molar-refractivity contribution in [2.24, 2.45) is 0 Å². The van der Waals surface area contributed by atoms with Crippen molar-refractivity contribution >= 4 is 21.4 Å². The molecule has 120 valence electrons. The highest BCUT2D eigenvalue weighted by Gasteiger charge is 2.20. The zero-order valence-electron chi connectivity index (χ0n) is 11.8. The van der Waals surface area contributed by atoms with Crippen molar-refractivity contribution in [3.05, 3.63) is 18.2 Å². The van der Waals surface area contributed by atoms with Gasteiger partial charge in [0, 0.05) is 20.6 Å².